The fourth-order valence-corrected chi connectivity index (χ4v) is 2.61. The van der Waals surface area contributed by atoms with E-state index in [0.29, 0.717) is 11.3 Å². The monoisotopic (exact) mass is 157 g/mol. The highest BCUT2D eigenvalue weighted by Gasteiger charge is 2.20. The van der Waals surface area contributed by atoms with Gasteiger partial charge in [-0.3, -0.25) is 0 Å². The molecular weight excluding hydrogens is 142 g/mol. The van der Waals surface area contributed by atoms with Crippen LogP contribution in [0.2, 0.25) is 0 Å². The van der Waals surface area contributed by atoms with Crippen molar-refractivity contribution in [1.82, 2.24) is 0 Å². The van der Waals surface area contributed by atoms with E-state index in [9.17, 15) is 0 Å². The first-order chi connectivity index (χ1) is 4.84. The Balaban J connectivity index is 2.24. The van der Waals surface area contributed by atoms with Crippen molar-refractivity contribution >= 4 is 11.8 Å². The Morgan fingerprint density at radius 2 is 2.60 bits per heavy atom. The highest BCUT2D eigenvalue weighted by atomic mass is 32.2. The maximum Gasteiger partial charge on any atom is 0.0202 e. The van der Waals surface area contributed by atoms with Crippen LogP contribution in [0.25, 0.3) is 0 Å². The summed E-state index contributed by atoms with van der Waals surface area (Å²) < 4.78 is 0. The van der Waals surface area contributed by atoms with Crippen molar-refractivity contribution in [3.63, 3.8) is 0 Å². The van der Waals surface area contributed by atoms with Crippen molar-refractivity contribution in [2.45, 2.75) is 30.6 Å². The van der Waals surface area contributed by atoms with E-state index in [1.165, 1.54) is 18.6 Å². The van der Waals surface area contributed by atoms with Crippen molar-refractivity contribution in [1.29, 1.82) is 0 Å². The van der Waals surface area contributed by atoms with Crippen molar-refractivity contribution in [2.75, 3.05) is 5.75 Å². The lowest BCUT2D eigenvalue weighted by Crippen LogP contribution is -2.29. The summed E-state index contributed by atoms with van der Waals surface area (Å²) >= 11 is 2.02. The summed E-state index contributed by atoms with van der Waals surface area (Å²) in [7, 11) is 0. The molecule has 1 aliphatic heterocycles. The van der Waals surface area contributed by atoms with Gasteiger partial charge in [-0.25, -0.2) is 0 Å². The second kappa shape index (κ2) is 4.04. The fraction of sp³-hybridized carbons (Fsp3) is 0.750. The van der Waals surface area contributed by atoms with E-state index in [4.69, 9.17) is 5.73 Å². The van der Waals surface area contributed by atoms with E-state index >= 15 is 0 Å². The Morgan fingerprint density at radius 3 is 3.10 bits per heavy atom. The lowest BCUT2D eigenvalue weighted by Gasteiger charge is -2.15. The molecule has 1 nitrogen and oxygen atoms in total. The number of hydrogen-bond acceptors (Lipinski definition) is 2. The maximum atomic E-state index is 5.90. The van der Waals surface area contributed by atoms with Crippen LogP contribution in [-0.2, 0) is 0 Å². The molecule has 0 aromatic rings. The van der Waals surface area contributed by atoms with Gasteiger partial charge in [-0.2, -0.15) is 11.8 Å². The Bertz CT molecular complexity index is 108. The highest BCUT2D eigenvalue weighted by Crippen LogP contribution is 2.28. The first-order valence-corrected chi connectivity index (χ1v) is 4.87. The minimum Gasteiger partial charge on any atom is -0.326 e. The van der Waals surface area contributed by atoms with Gasteiger partial charge in [-0.05, 0) is 25.0 Å². The van der Waals surface area contributed by atoms with Gasteiger partial charge in [0.05, 0.1) is 0 Å². The molecule has 2 N–H and O–H groups in total. The molecule has 1 aliphatic rings. The van der Waals surface area contributed by atoms with Gasteiger partial charge in [0, 0.05) is 11.3 Å². The summed E-state index contributed by atoms with van der Waals surface area (Å²) in [6.07, 6.45) is 5.54. The molecule has 0 bridgehead atoms. The molecule has 1 rings (SSSR count). The molecule has 0 aliphatic carbocycles. The summed E-state index contributed by atoms with van der Waals surface area (Å²) in [5, 5.41) is 0.706. The van der Waals surface area contributed by atoms with Gasteiger partial charge >= 0.3 is 0 Å². The van der Waals surface area contributed by atoms with E-state index in [1.54, 1.807) is 0 Å². The van der Waals surface area contributed by atoms with Gasteiger partial charge in [-0.1, -0.05) is 6.08 Å². The molecule has 0 aromatic carbocycles. The van der Waals surface area contributed by atoms with Gasteiger partial charge < -0.3 is 5.73 Å². The second-order valence-electron chi connectivity index (χ2n) is 2.74. The van der Waals surface area contributed by atoms with E-state index in [1.807, 2.05) is 17.8 Å². The zero-order chi connectivity index (χ0) is 7.40. The van der Waals surface area contributed by atoms with E-state index < -0.39 is 0 Å². The van der Waals surface area contributed by atoms with E-state index in [2.05, 4.69) is 6.58 Å². The van der Waals surface area contributed by atoms with Crippen LogP contribution in [0, 0.1) is 0 Å². The molecule has 1 heterocycles. The van der Waals surface area contributed by atoms with Crippen molar-refractivity contribution in [3.8, 4) is 0 Å². The Hall–Kier alpha value is 0.0500. The number of hydrogen-bond donors (Lipinski definition) is 1. The average Bonchev–Trinajstić information content (AvgIpc) is 2.38. The lowest BCUT2D eigenvalue weighted by atomic mass is 10.1. The summed E-state index contributed by atoms with van der Waals surface area (Å²) in [6, 6.07) is 0.352. The zero-order valence-electron chi connectivity index (χ0n) is 6.25. The van der Waals surface area contributed by atoms with Crippen molar-refractivity contribution in [3.05, 3.63) is 12.7 Å². The molecule has 0 amide bonds. The van der Waals surface area contributed by atoms with Gasteiger partial charge in [-0.15, -0.1) is 6.58 Å². The van der Waals surface area contributed by atoms with Crippen LogP contribution < -0.4 is 5.73 Å². The Labute approximate surface area is 67.1 Å². The molecule has 10 heavy (non-hydrogen) atoms. The van der Waals surface area contributed by atoms with E-state index in [0.717, 1.165) is 6.42 Å². The summed E-state index contributed by atoms with van der Waals surface area (Å²) in [4.78, 5) is 0. The molecule has 0 spiro atoms. The third-order valence-electron chi connectivity index (χ3n) is 1.88. The second-order valence-corrected chi connectivity index (χ2v) is 4.09. The molecule has 1 fully saturated rings. The minimum atomic E-state index is 0.352. The molecule has 2 heteroatoms. The maximum absolute atomic E-state index is 5.90. The molecule has 1 saturated heterocycles. The number of rotatable bonds is 3. The summed E-state index contributed by atoms with van der Waals surface area (Å²) in [5.41, 5.74) is 5.90. The summed E-state index contributed by atoms with van der Waals surface area (Å²) in [5.74, 6) is 1.30. The van der Waals surface area contributed by atoms with Gasteiger partial charge in [0.1, 0.15) is 0 Å². The van der Waals surface area contributed by atoms with Crippen LogP contribution in [0.15, 0.2) is 12.7 Å². The predicted molar refractivity (Wildman–Crippen MR) is 48.3 cm³/mol. The predicted octanol–water partition coefficient (Wildman–Crippen LogP) is 1.79. The molecule has 0 aromatic heterocycles. The van der Waals surface area contributed by atoms with Crippen LogP contribution in [0.4, 0.5) is 0 Å². The third-order valence-corrected chi connectivity index (χ3v) is 3.42. The van der Waals surface area contributed by atoms with E-state index in [-0.39, 0.29) is 0 Å². The smallest absolute Gasteiger partial charge is 0.0202 e. The topological polar surface area (TPSA) is 26.0 Å². The van der Waals surface area contributed by atoms with Crippen LogP contribution >= 0.6 is 11.8 Å². The zero-order valence-corrected chi connectivity index (χ0v) is 7.07. The molecule has 0 radical (unpaired) electrons. The summed E-state index contributed by atoms with van der Waals surface area (Å²) in [6.45, 7) is 3.68. The number of thioether (sulfide) groups is 1. The largest absolute Gasteiger partial charge is 0.326 e. The molecule has 58 valence electrons. The van der Waals surface area contributed by atoms with Crippen LogP contribution in [-0.4, -0.2) is 17.0 Å². The van der Waals surface area contributed by atoms with Crippen molar-refractivity contribution in [2.24, 2.45) is 5.73 Å². The first kappa shape index (κ1) is 8.15. The fourth-order valence-electron chi connectivity index (χ4n) is 1.28. The van der Waals surface area contributed by atoms with Gasteiger partial charge in [0.15, 0.2) is 0 Å². The van der Waals surface area contributed by atoms with Crippen molar-refractivity contribution < 1.29 is 0 Å². The molecule has 2 unspecified atom stereocenters. The Kier molecular flexibility index (Phi) is 3.29. The normalized spacial score (nSPS) is 28.3. The lowest BCUT2D eigenvalue weighted by molar-refractivity contribution is 0.619. The van der Waals surface area contributed by atoms with Crippen LogP contribution in [0.3, 0.4) is 0 Å². The molecule has 0 saturated carbocycles. The quantitative estimate of drug-likeness (QED) is 0.632. The minimum absolute atomic E-state index is 0.352. The highest BCUT2D eigenvalue weighted by molar-refractivity contribution is 8.00. The number of nitrogens with two attached hydrogens (primary N) is 1. The molecule has 2 atom stereocenters. The van der Waals surface area contributed by atoms with Crippen LogP contribution in [0.5, 0.6) is 0 Å². The standard InChI is InChI=1S/C8H15NS/c1-2-4-7(9)8-5-3-6-10-8/h2,7-8H,1,3-6,9H2. The average molecular weight is 157 g/mol. The van der Waals surface area contributed by atoms with Gasteiger partial charge in [0.2, 0.25) is 0 Å². The van der Waals surface area contributed by atoms with Gasteiger partial charge in [0.25, 0.3) is 0 Å². The molecular formula is C8H15NS. The third kappa shape index (κ3) is 2.03. The first-order valence-electron chi connectivity index (χ1n) is 3.82. The van der Waals surface area contributed by atoms with Crippen LogP contribution in [0.1, 0.15) is 19.3 Å². The Morgan fingerprint density at radius 1 is 1.80 bits per heavy atom. The SMILES string of the molecule is C=CCC(N)C1CCCS1.